The lowest BCUT2D eigenvalue weighted by Gasteiger charge is -2.10. The van der Waals surface area contributed by atoms with Gasteiger partial charge in [0, 0.05) is 11.6 Å². The van der Waals surface area contributed by atoms with Crippen molar-refractivity contribution in [2.24, 2.45) is 5.73 Å². The van der Waals surface area contributed by atoms with E-state index in [1.807, 2.05) is 0 Å². The lowest BCUT2D eigenvalue weighted by Crippen LogP contribution is -2.15. The maximum absolute atomic E-state index is 13.4. The van der Waals surface area contributed by atoms with Crippen LogP contribution in [0.2, 0.25) is 0 Å². The van der Waals surface area contributed by atoms with E-state index in [2.05, 4.69) is 0 Å². The topological polar surface area (TPSA) is 64.7 Å². The molecule has 0 saturated heterocycles. The molecule has 2 rings (SSSR count). The molecule has 1 atom stereocenters. The minimum absolute atomic E-state index is 0.0899. The Hall–Kier alpha value is -1.33. The van der Waals surface area contributed by atoms with Gasteiger partial charge in [0.15, 0.2) is 11.5 Å². The summed E-state index contributed by atoms with van der Waals surface area (Å²) in [6, 6.07) is 1.94. The average Bonchev–Trinajstić information content (AvgIpc) is 2.62. The highest BCUT2D eigenvalue weighted by Crippen LogP contribution is 2.35. The van der Waals surface area contributed by atoms with Crippen molar-refractivity contribution in [1.82, 2.24) is 0 Å². The van der Waals surface area contributed by atoms with Gasteiger partial charge in [-0.05, 0) is 6.07 Å². The zero-order chi connectivity index (χ0) is 10.1. The van der Waals surface area contributed by atoms with Crippen LogP contribution in [0.25, 0.3) is 0 Å². The summed E-state index contributed by atoms with van der Waals surface area (Å²) in [5.74, 6) is 0.345. The molecule has 5 heteroatoms. The van der Waals surface area contributed by atoms with E-state index in [9.17, 15) is 4.39 Å². The summed E-state index contributed by atoms with van der Waals surface area (Å²) in [5.41, 5.74) is 5.74. The molecule has 0 fully saturated rings. The van der Waals surface area contributed by atoms with Crippen LogP contribution in [0.3, 0.4) is 0 Å². The van der Waals surface area contributed by atoms with Gasteiger partial charge in [-0.25, -0.2) is 4.39 Å². The molecule has 3 N–H and O–H groups in total. The van der Waals surface area contributed by atoms with E-state index in [1.54, 1.807) is 0 Å². The molecular formula is C9H10FNO3. The Balaban J connectivity index is 2.42. The molecule has 0 radical (unpaired) electrons. The number of hydrogen-bond acceptors (Lipinski definition) is 4. The van der Waals surface area contributed by atoms with Crippen LogP contribution in [0.1, 0.15) is 11.6 Å². The molecule has 1 aliphatic rings. The molecule has 0 aromatic heterocycles. The molecule has 1 heterocycles. The number of aliphatic hydroxyl groups excluding tert-OH is 1. The highest BCUT2D eigenvalue weighted by atomic mass is 19.1. The lowest BCUT2D eigenvalue weighted by molar-refractivity contribution is 0.173. The lowest BCUT2D eigenvalue weighted by atomic mass is 10.1. The molecule has 1 aromatic carbocycles. The third kappa shape index (κ3) is 1.40. The summed E-state index contributed by atoms with van der Waals surface area (Å²) in [5, 5.41) is 8.80. The number of aliphatic hydroxyl groups is 1. The van der Waals surface area contributed by atoms with Crippen LogP contribution in [0.4, 0.5) is 4.39 Å². The Labute approximate surface area is 80.0 Å². The standard InChI is InChI=1S/C9H10FNO3/c10-6-2-9-8(13-4-14-9)1-5(6)7(11)3-12/h1-2,7,12H,3-4,11H2. The maximum atomic E-state index is 13.4. The number of rotatable bonds is 2. The third-order valence-corrected chi connectivity index (χ3v) is 2.09. The number of benzene rings is 1. The van der Waals surface area contributed by atoms with Gasteiger partial charge >= 0.3 is 0 Å². The van der Waals surface area contributed by atoms with Gasteiger partial charge in [-0.1, -0.05) is 0 Å². The first kappa shape index (κ1) is 9.23. The van der Waals surface area contributed by atoms with Crippen molar-refractivity contribution in [3.8, 4) is 11.5 Å². The Morgan fingerprint density at radius 1 is 1.43 bits per heavy atom. The molecule has 14 heavy (non-hydrogen) atoms. The van der Waals surface area contributed by atoms with Gasteiger partial charge in [0.25, 0.3) is 0 Å². The zero-order valence-corrected chi connectivity index (χ0v) is 7.37. The molecular weight excluding hydrogens is 189 g/mol. The number of halogens is 1. The molecule has 0 bridgehead atoms. The smallest absolute Gasteiger partial charge is 0.231 e. The van der Waals surface area contributed by atoms with Crippen molar-refractivity contribution < 1.29 is 19.0 Å². The zero-order valence-electron chi connectivity index (χ0n) is 7.37. The van der Waals surface area contributed by atoms with Crippen molar-refractivity contribution in [2.45, 2.75) is 6.04 Å². The van der Waals surface area contributed by atoms with Gasteiger partial charge in [-0.3, -0.25) is 0 Å². The molecule has 1 aliphatic heterocycles. The Bertz CT molecular complexity index is 356. The van der Waals surface area contributed by atoms with Gasteiger partial charge in [-0.15, -0.1) is 0 Å². The fraction of sp³-hybridized carbons (Fsp3) is 0.333. The van der Waals surface area contributed by atoms with Gasteiger partial charge < -0.3 is 20.3 Å². The fourth-order valence-corrected chi connectivity index (χ4v) is 1.32. The minimum atomic E-state index is -0.732. The Morgan fingerprint density at radius 2 is 2.07 bits per heavy atom. The Morgan fingerprint density at radius 3 is 2.71 bits per heavy atom. The van der Waals surface area contributed by atoms with E-state index in [-0.39, 0.29) is 19.0 Å². The molecule has 0 saturated carbocycles. The molecule has 4 nitrogen and oxygen atoms in total. The van der Waals surface area contributed by atoms with Gasteiger partial charge in [0.2, 0.25) is 6.79 Å². The molecule has 1 unspecified atom stereocenters. The van der Waals surface area contributed by atoms with Crippen LogP contribution in [-0.4, -0.2) is 18.5 Å². The summed E-state index contributed by atoms with van der Waals surface area (Å²) in [7, 11) is 0. The van der Waals surface area contributed by atoms with Gasteiger partial charge in [0.1, 0.15) is 5.82 Å². The second-order valence-corrected chi connectivity index (χ2v) is 3.02. The molecule has 76 valence electrons. The van der Waals surface area contributed by atoms with E-state index in [4.69, 9.17) is 20.3 Å². The monoisotopic (exact) mass is 199 g/mol. The first-order chi connectivity index (χ1) is 6.72. The van der Waals surface area contributed by atoms with Crippen LogP contribution in [-0.2, 0) is 0 Å². The van der Waals surface area contributed by atoms with E-state index >= 15 is 0 Å². The number of ether oxygens (including phenoxy) is 2. The quantitative estimate of drug-likeness (QED) is 0.729. The number of fused-ring (bicyclic) bond motifs is 1. The SMILES string of the molecule is NC(CO)c1cc2c(cc1F)OCO2. The first-order valence-corrected chi connectivity index (χ1v) is 4.18. The predicted octanol–water partition coefficient (Wildman–Crippen LogP) is 0.546. The molecule has 0 aliphatic carbocycles. The predicted molar refractivity (Wildman–Crippen MR) is 46.5 cm³/mol. The summed E-state index contributed by atoms with van der Waals surface area (Å²) < 4.78 is 23.4. The van der Waals surface area contributed by atoms with Crippen LogP contribution in [0, 0.1) is 5.82 Å². The van der Waals surface area contributed by atoms with E-state index in [0.717, 1.165) is 0 Å². The third-order valence-electron chi connectivity index (χ3n) is 2.09. The van der Waals surface area contributed by atoms with E-state index in [1.165, 1.54) is 12.1 Å². The highest BCUT2D eigenvalue weighted by molar-refractivity contribution is 5.46. The molecule has 0 spiro atoms. The summed E-state index contributed by atoms with van der Waals surface area (Å²) in [4.78, 5) is 0. The normalized spacial score (nSPS) is 15.6. The molecule has 0 amide bonds. The van der Waals surface area contributed by atoms with Gasteiger partial charge in [0.05, 0.1) is 12.6 Å². The van der Waals surface area contributed by atoms with Crippen molar-refractivity contribution in [3.63, 3.8) is 0 Å². The number of nitrogens with two attached hydrogens (primary N) is 1. The fourth-order valence-electron chi connectivity index (χ4n) is 1.32. The second-order valence-electron chi connectivity index (χ2n) is 3.02. The second kappa shape index (κ2) is 3.43. The minimum Gasteiger partial charge on any atom is -0.454 e. The van der Waals surface area contributed by atoms with E-state index in [0.29, 0.717) is 11.5 Å². The summed E-state index contributed by atoms with van der Waals surface area (Å²) in [6.45, 7) is -0.219. The van der Waals surface area contributed by atoms with Crippen molar-refractivity contribution in [3.05, 3.63) is 23.5 Å². The van der Waals surface area contributed by atoms with Crippen molar-refractivity contribution in [1.29, 1.82) is 0 Å². The van der Waals surface area contributed by atoms with Crippen LogP contribution < -0.4 is 15.2 Å². The van der Waals surface area contributed by atoms with Crippen molar-refractivity contribution in [2.75, 3.05) is 13.4 Å². The Kier molecular flexibility index (Phi) is 2.26. The largest absolute Gasteiger partial charge is 0.454 e. The van der Waals surface area contributed by atoms with Crippen LogP contribution >= 0.6 is 0 Å². The molecule has 1 aromatic rings. The maximum Gasteiger partial charge on any atom is 0.231 e. The van der Waals surface area contributed by atoms with Gasteiger partial charge in [-0.2, -0.15) is 0 Å². The average molecular weight is 199 g/mol. The van der Waals surface area contributed by atoms with E-state index < -0.39 is 11.9 Å². The summed E-state index contributed by atoms with van der Waals surface area (Å²) >= 11 is 0. The first-order valence-electron chi connectivity index (χ1n) is 4.18. The highest BCUT2D eigenvalue weighted by Gasteiger charge is 2.19. The number of hydrogen-bond donors (Lipinski definition) is 2. The summed E-state index contributed by atoms with van der Waals surface area (Å²) in [6.07, 6.45) is 0. The van der Waals surface area contributed by atoms with Crippen LogP contribution in [0.5, 0.6) is 11.5 Å². The van der Waals surface area contributed by atoms with Crippen molar-refractivity contribution >= 4 is 0 Å². The van der Waals surface area contributed by atoms with Crippen LogP contribution in [0.15, 0.2) is 12.1 Å².